The summed E-state index contributed by atoms with van der Waals surface area (Å²) in [5.41, 5.74) is 2.63. The summed E-state index contributed by atoms with van der Waals surface area (Å²) < 4.78 is 2.14. The van der Waals surface area contributed by atoms with Crippen LogP contribution in [0, 0.1) is 0 Å². The third-order valence-electron chi connectivity index (χ3n) is 3.10. The first-order chi connectivity index (χ1) is 8.04. The number of hydrogen-bond acceptors (Lipinski definition) is 1. The minimum absolute atomic E-state index is 0.335. The number of rotatable bonds is 3. The van der Waals surface area contributed by atoms with Gasteiger partial charge in [0.15, 0.2) is 0 Å². The molecule has 0 atom stereocenters. The molecule has 0 fully saturated rings. The van der Waals surface area contributed by atoms with Gasteiger partial charge in [0.1, 0.15) is 0 Å². The molecule has 0 amide bonds. The maximum Gasteiger partial charge on any atom is 0.335 e. The molecule has 0 saturated carbocycles. The number of aryl methyl sites for hydroxylation is 1. The van der Waals surface area contributed by atoms with Gasteiger partial charge >= 0.3 is 5.97 Å². The van der Waals surface area contributed by atoms with Crippen molar-refractivity contribution in [2.75, 3.05) is 0 Å². The third-order valence-corrected chi connectivity index (χ3v) is 3.10. The first-order valence-corrected chi connectivity index (χ1v) is 5.91. The lowest BCUT2D eigenvalue weighted by Crippen LogP contribution is -2.00. The van der Waals surface area contributed by atoms with Crippen LogP contribution >= 0.6 is 0 Å². The Bertz CT molecular complexity index is 567. The molecular formula is C14H17NO2. The lowest BCUT2D eigenvalue weighted by Gasteiger charge is -2.09. The Labute approximate surface area is 101 Å². The van der Waals surface area contributed by atoms with Gasteiger partial charge in [-0.05, 0) is 38.0 Å². The molecule has 90 valence electrons. The highest BCUT2D eigenvalue weighted by Gasteiger charge is 2.12. The van der Waals surface area contributed by atoms with Crippen LogP contribution in [0.15, 0.2) is 24.4 Å². The summed E-state index contributed by atoms with van der Waals surface area (Å²) in [5, 5.41) is 10.2. The summed E-state index contributed by atoms with van der Waals surface area (Å²) in [6, 6.07) is 5.68. The van der Waals surface area contributed by atoms with Crippen molar-refractivity contribution in [2.24, 2.45) is 0 Å². The monoisotopic (exact) mass is 231 g/mol. The van der Waals surface area contributed by atoms with Crippen molar-refractivity contribution in [3.63, 3.8) is 0 Å². The highest BCUT2D eigenvalue weighted by Crippen LogP contribution is 2.26. The Kier molecular flexibility index (Phi) is 2.92. The molecule has 17 heavy (non-hydrogen) atoms. The van der Waals surface area contributed by atoms with E-state index in [-0.39, 0.29) is 0 Å². The Balaban J connectivity index is 2.73. The normalized spacial score (nSPS) is 11.3. The van der Waals surface area contributed by atoms with E-state index in [0.717, 1.165) is 17.3 Å². The molecule has 0 unspecified atom stereocenters. The molecule has 1 aromatic carbocycles. The Morgan fingerprint density at radius 3 is 2.65 bits per heavy atom. The molecule has 1 aromatic heterocycles. The number of nitrogens with zero attached hydrogens (tertiary/aromatic N) is 1. The predicted octanol–water partition coefficient (Wildman–Crippen LogP) is 3.48. The zero-order chi connectivity index (χ0) is 12.6. The molecule has 0 spiro atoms. The minimum Gasteiger partial charge on any atom is -0.478 e. The van der Waals surface area contributed by atoms with E-state index in [1.807, 2.05) is 6.07 Å². The van der Waals surface area contributed by atoms with Crippen molar-refractivity contribution in [3.05, 3.63) is 35.5 Å². The van der Waals surface area contributed by atoms with E-state index in [9.17, 15) is 4.79 Å². The van der Waals surface area contributed by atoms with Gasteiger partial charge in [-0.1, -0.05) is 13.0 Å². The van der Waals surface area contributed by atoms with Crippen LogP contribution < -0.4 is 0 Å². The lowest BCUT2D eigenvalue weighted by molar-refractivity contribution is 0.0697. The van der Waals surface area contributed by atoms with Gasteiger partial charge in [0, 0.05) is 23.1 Å². The highest BCUT2D eigenvalue weighted by molar-refractivity contribution is 5.94. The predicted molar refractivity (Wildman–Crippen MR) is 68.7 cm³/mol. The average molecular weight is 231 g/mol. The number of carboxylic acid groups (broad SMARTS) is 1. The van der Waals surface area contributed by atoms with Crippen LogP contribution in [-0.4, -0.2) is 15.6 Å². The van der Waals surface area contributed by atoms with E-state index in [0.29, 0.717) is 11.6 Å². The zero-order valence-electron chi connectivity index (χ0n) is 10.4. The van der Waals surface area contributed by atoms with E-state index in [2.05, 4.69) is 31.5 Å². The first kappa shape index (κ1) is 11.7. The summed E-state index contributed by atoms with van der Waals surface area (Å²) in [4.78, 5) is 11.0. The molecule has 1 heterocycles. The molecule has 2 rings (SSSR count). The van der Waals surface area contributed by atoms with E-state index in [1.165, 1.54) is 5.56 Å². The third kappa shape index (κ3) is 1.93. The van der Waals surface area contributed by atoms with E-state index in [1.54, 1.807) is 12.1 Å². The largest absolute Gasteiger partial charge is 0.478 e. The fourth-order valence-corrected chi connectivity index (χ4v) is 2.17. The van der Waals surface area contributed by atoms with Crippen LogP contribution in [0.4, 0.5) is 0 Å². The van der Waals surface area contributed by atoms with Crippen LogP contribution in [0.1, 0.15) is 42.7 Å². The van der Waals surface area contributed by atoms with E-state index >= 15 is 0 Å². The van der Waals surface area contributed by atoms with Crippen molar-refractivity contribution in [2.45, 2.75) is 33.2 Å². The van der Waals surface area contributed by atoms with Crippen LogP contribution in [0.5, 0.6) is 0 Å². The number of aromatic carboxylic acids is 1. The zero-order valence-corrected chi connectivity index (χ0v) is 10.4. The van der Waals surface area contributed by atoms with Gasteiger partial charge in [0.2, 0.25) is 0 Å². The van der Waals surface area contributed by atoms with Crippen LogP contribution in [0.25, 0.3) is 10.9 Å². The van der Waals surface area contributed by atoms with Gasteiger partial charge in [-0.15, -0.1) is 0 Å². The summed E-state index contributed by atoms with van der Waals surface area (Å²) in [7, 11) is 0. The molecule has 0 aliphatic carbocycles. The summed E-state index contributed by atoms with van der Waals surface area (Å²) in [6.45, 7) is 6.32. The van der Waals surface area contributed by atoms with Gasteiger partial charge in [0.05, 0.1) is 5.56 Å². The molecular weight excluding hydrogens is 214 g/mol. The molecule has 0 bridgehead atoms. The molecule has 0 radical (unpaired) electrons. The number of benzene rings is 1. The Morgan fingerprint density at radius 1 is 1.41 bits per heavy atom. The quantitative estimate of drug-likeness (QED) is 0.878. The maximum absolute atomic E-state index is 11.0. The molecule has 3 heteroatoms. The Hall–Kier alpha value is -1.77. The number of carboxylic acids is 1. The summed E-state index contributed by atoms with van der Waals surface area (Å²) in [6.07, 6.45) is 3.09. The average Bonchev–Trinajstić information content (AvgIpc) is 2.66. The second-order valence-electron chi connectivity index (χ2n) is 4.55. The van der Waals surface area contributed by atoms with Gasteiger partial charge in [0.25, 0.3) is 0 Å². The van der Waals surface area contributed by atoms with Crippen molar-refractivity contribution in [1.29, 1.82) is 0 Å². The number of fused-ring (bicyclic) bond motifs is 1. The van der Waals surface area contributed by atoms with Gasteiger partial charge in [-0.2, -0.15) is 0 Å². The van der Waals surface area contributed by atoms with Crippen LogP contribution in [0.3, 0.4) is 0 Å². The van der Waals surface area contributed by atoms with Gasteiger partial charge in [-0.3, -0.25) is 0 Å². The van der Waals surface area contributed by atoms with Crippen molar-refractivity contribution in [3.8, 4) is 0 Å². The minimum atomic E-state index is -0.874. The van der Waals surface area contributed by atoms with Gasteiger partial charge in [-0.25, -0.2) is 4.79 Å². The van der Waals surface area contributed by atoms with Crippen molar-refractivity contribution >= 4 is 16.9 Å². The summed E-state index contributed by atoms with van der Waals surface area (Å²) in [5.74, 6) is -0.874. The topological polar surface area (TPSA) is 42.2 Å². The van der Waals surface area contributed by atoms with E-state index < -0.39 is 5.97 Å². The van der Waals surface area contributed by atoms with Crippen molar-refractivity contribution in [1.82, 2.24) is 4.57 Å². The fraction of sp³-hybridized carbons (Fsp3) is 0.357. The lowest BCUT2D eigenvalue weighted by atomic mass is 10.1. The number of carbonyl (C=O) groups is 1. The Morgan fingerprint density at radius 2 is 2.12 bits per heavy atom. The molecule has 0 saturated heterocycles. The second kappa shape index (κ2) is 4.24. The SMILES string of the molecule is CCc1cn(C(C)C)c2cc(C(=O)O)ccc12. The standard InChI is InChI=1S/C14H17NO2/c1-4-10-8-15(9(2)3)13-7-11(14(16)17)5-6-12(10)13/h5-9H,4H2,1-3H3,(H,16,17). The molecule has 0 aliphatic rings. The van der Waals surface area contributed by atoms with E-state index in [4.69, 9.17) is 5.11 Å². The van der Waals surface area contributed by atoms with Crippen LogP contribution in [0.2, 0.25) is 0 Å². The summed E-state index contributed by atoms with van der Waals surface area (Å²) >= 11 is 0. The second-order valence-corrected chi connectivity index (χ2v) is 4.55. The number of hydrogen-bond donors (Lipinski definition) is 1. The first-order valence-electron chi connectivity index (χ1n) is 5.91. The highest BCUT2D eigenvalue weighted by atomic mass is 16.4. The molecule has 3 nitrogen and oxygen atoms in total. The fourth-order valence-electron chi connectivity index (χ4n) is 2.17. The van der Waals surface area contributed by atoms with Crippen LogP contribution in [-0.2, 0) is 6.42 Å². The molecule has 0 aliphatic heterocycles. The van der Waals surface area contributed by atoms with Crippen molar-refractivity contribution < 1.29 is 9.90 Å². The number of aromatic nitrogens is 1. The molecule has 2 aromatic rings. The smallest absolute Gasteiger partial charge is 0.335 e. The maximum atomic E-state index is 11.0. The van der Waals surface area contributed by atoms with Gasteiger partial charge < -0.3 is 9.67 Å². The molecule has 1 N–H and O–H groups in total.